The van der Waals surface area contributed by atoms with Gasteiger partial charge in [-0.3, -0.25) is 4.79 Å². The zero-order valence-electron chi connectivity index (χ0n) is 13.7. The SMILES string of the molecule is CCC(C)NC(CCCCN(C)C)C(=O)C(C)C.[HH].[In]. The van der Waals surface area contributed by atoms with Gasteiger partial charge in [0.1, 0.15) is 0 Å². The molecule has 4 heteroatoms. The van der Waals surface area contributed by atoms with E-state index in [0.29, 0.717) is 11.8 Å². The monoisotopic (exact) mass is 373 g/mol. The van der Waals surface area contributed by atoms with Crippen LogP contribution in [0.15, 0.2) is 0 Å². The molecule has 0 aliphatic heterocycles. The fourth-order valence-electron chi connectivity index (χ4n) is 1.95. The molecule has 0 spiro atoms. The zero-order chi connectivity index (χ0) is 14.1. The maximum Gasteiger partial charge on any atom is 0.152 e. The molecule has 0 fully saturated rings. The summed E-state index contributed by atoms with van der Waals surface area (Å²) >= 11 is 0. The largest absolute Gasteiger partial charge is 0.309 e. The van der Waals surface area contributed by atoms with Crippen molar-refractivity contribution in [3.8, 4) is 0 Å². The van der Waals surface area contributed by atoms with Gasteiger partial charge in [-0.2, -0.15) is 0 Å². The minimum atomic E-state index is 0. The van der Waals surface area contributed by atoms with Crippen LogP contribution in [0.4, 0.5) is 0 Å². The van der Waals surface area contributed by atoms with E-state index < -0.39 is 0 Å². The maximum absolute atomic E-state index is 12.1. The van der Waals surface area contributed by atoms with Crippen molar-refractivity contribution in [1.29, 1.82) is 0 Å². The molecule has 2 unspecified atom stereocenters. The molecule has 113 valence electrons. The summed E-state index contributed by atoms with van der Waals surface area (Å²) in [6, 6.07) is 0.466. The molecule has 19 heavy (non-hydrogen) atoms. The second-order valence-electron chi connectivity index (χ2n) is 5.88. The Morgan fingerprint density at radius 3 is 2.21 bits per heavy atom. The maximum atomic E-state index is 12.1. The Hall–Kier alpha value is 0.460. The van der Waals surface area contributed by atoms with E-state index in [1.54, 1.807) is 0 Å². The first-order valence-electron chi connectivity index (χ1n) is 7.33. The molecule has 2 atom stereocenters. The molecule has 0 aromatic rings. The Bertz CT molecular complexity index is 238. The number of Topliss-reactive ketones (excluding diaryl/α,β-unsaturated/α-hetero) is 1. The van der Waals surface area contributed by atoms with Crippen molar-refractivity contribution in [2.45, 2.75) is 65.5 Å². The first kappa shape index (κ1) is 21.8. The number of nitrogens with one attached hydrogen (secondary N) is 1. The van der Waals surface area contributed by atoms with E-state index in [-0.39, 0.29) is 39.2 Å². The number of carbonyl (C=O) groups excluding carboxylic acids is 1. The number of nitrogens with zero attached hydrogens (tertiary/aromatic N) is 1. The predicted octanol–water partition coefficient (Wildman–Crippen LogP) is 2.57. The minimum Gasteiger partial charge on any atom is -0.309 e. The zero-order valence-corrected chi connectivity index (χ0v) is 17.0. The van der Waals surface area contributed by atoms with Gasteiger partial charge < -0.3 is 10.2 Å². The van der Waals surface area contributed by atoms with Crippen molar-refractivity contribution in [3.63, 3.8) is 0 Å². The summed E-state index contributed by atoms with van der Waals surface area (Å²) in [7, 11) is 4.18. The van der Waals surface area contributed by atoms with Crippen LogP contribution in [0.3, 0.4) is 0 Å². The van der Waals surface area contributed by atoms with Crippen LogP contribution in [-0.2, 0) is 4.79 Å². The number of carbonyl (C=O) groups is 1. The molecule has 0 saturated carbocycles. The van der Waals surface area contributed by atoms with Gasteiger partial charge in [-0.25, -0.2) is 0 Å². The van der Waals surface area contributed by atoms with Crippen molar-refractivity contribution in [1.82, 2.24) is 10.2 Å². The van der Waals surface area contributed by atoms with Gasteiger partial charge in [0, 0.05) is 39.2 Å². The predicted molar refractivity (Wildman–Crippen MR) is 86.8 cm³/mol. The van der Waals surface area contributed by atoms with Gasteiger partial charge in [0.15, 0.2) is 5.78 Å². The molecule has 0 aromatic heterocycles. The summed E-state index contributed by atoms with van der Waals surface area (Å²) in [5, 5.41) is 3.47. The van der Waals surface area contributed by atoms with Crippen molar-refractivity contribution in [3.05, 3.63) is 0 Å². The summed E-state index contributed by atoms with van der Waals surface area (Å²) in [5.41, 5.74) is 0. The molecule has 3 nitrogen and oxygen atoms in total. The van der Waals surface area contributed by atoms with Gasteiger partial charge in [0.25, 0.3) is 0 Å². The standard InChI is InChI=1S/C15H32N2O.In.H2/c1-7-13(4)16-14(15(18)12(2)3)10-8-9-11-17(5)6;;/h12-14,16H,7-11H2,1-6H3;;1H. The van der Waals surface area contributed by atoms with Crippen LogP contribution in [0, 0.1) is 5.92 Å². The fraction of sp³-hybridized carbons (Fsp3) is 0.933. The summed E-state index contributed by atoms with van der Waals surface area (Å²) in [4.78, 5) is 14.3. The molecule has 0 heterocycles. The van der Waals surface area contributed by atoms with E-state index in [4.69, 9.17) is 0 Å². The van der Waals surface area contributed by atoms with E-state index in [0.717, 1.165) is 32.2 Å². The van der Waals surface area contributed by atoms with E-state index in [1.165, 1.54) is 0 Å². The van der Waals surface area contributed by atoms with Gasteiger partial charge in [-0.1, -0.05) is 27.2 Å². The summed E-state index contributed by atoms with van der Waals surface area (Å²) in [6.45, 7) is 9.40. The smallest absolute Gasteiger partial charge is 0.152 e. The van der Waals surface area contributed by atoms with Gasteiger partial charge in [-0.05, 0) is 46.8 Å². The van der Waals surface area contributed by atoms with E-state index >= 15 is 0 Å². The molecule has 0 bridgehead atoms. The summed E-state index contributed by atoms with van der Waals surface area (Å²) < 4.78 is 0. The number of rotatable bonds is 10. The summed E-state index contributed by atoms with van der Waals surface area (Å²) in [5.74, 6) is 0.487. The Kier molecular flexibility index (Phi) is 14.0. The molecule has 3 radical (unpaired) electrons. The van der Waals surface area contributed by atoms with Crippen molar-refractivity contribution < 1.29 is 6.22 Å². The first-order valence-corrected chi connectivity index (χ1v) is 7.33. The van der Waals surface area contributed by atoms with E-state index in [2.05, 4.69) is 38.2 Å². The number of hydrogen-bond donors (Lipinski definition) is 1. The first-order chi connectivity index (χ1) is 8.38. The van der Waals surface area contributed by atoms with Crippen molar-refractivity contribution in [2.75, 3.05) is 20.6 Å². The van der Waals surface area contributed by atoms with Crippen LogP contribution in [0.5, 0.6) is 0 Å². The molecular weight excluding hydrogens is 339 g/mol. The van der Waals surface area contributed by atoms with Gasteiger partial charge in [0.2, 0.25) is 0 Å². The van der Waals surface area contributed by atoms with Crippen LogP contribution in [0.2, 0.25) is 0 Å². The Labute approximate surface area is 140 Å². The quantitative estimate of drug-likeness (QED) is 0.598. The summed E-state index contributed by atoms with van der Waals surface area (Å²) in [6.07, 6.45) is 4.32. The normalized spacial score (nSPS) is 14.3. The van der Waals surface area contributed by atoms with Crippen molar-refractivity contribution >= 4 is 31.6 Å². The third-order valence-corrected chi connectivity index (χ3v) is 3.36. The Morgan fingerprint density at radius 2 is 1.79 bits per heavy atom. The van der Waals surface area contributed by atoms with Crippen LogP contribution in [-0.4, -0.2) is 69.3 Å². The minimum absolute atomic E-state index is 0. The third kappa shape index (κ3) is 10.9. The van der Waals surface area contributed by atoms with Gasteiger partial charge in [-0.15, -0.1) is 0 Å². The second kappa shape index (κ2) is 12.2. The molecule has 0 aliphatic rings. The number of ketones is 1. The van der Waals surface area contributed by atoms with Gasteiger partial charge >= 0.3 is 0 Å². The Morgan fingerprint density at radius 1 is 1.21 bits per heavy atom. The molecular formula is C15H34InN2O. The molecule has 0 amide bonds. The van der Waals surface area contributed by atoms with E-state index in [1.807, 2.05) is 13.8 Å². The average molecular weight is 373 g/mol. The molecule has 0 rings (SSSR count). The van der Waals surface area contributed by atoms with E-state index in [9.17, 15) is 4.79 Å². The third-order valence-electron chi connectivity index (χ3n) is 3.36. The van der Waals surface area contributed by atoms with Crippen LogP contribution < -0.4 is 5.32 Å². The van der Waals surface area contributed by atoms with Crippen LogP contribution in [0.25, 0.3) is 0 Å². The molecule has 0 aliphatic carbocycles. The number of hydrogen-bond acceptors (Lipinski definition) is 3. The van der Waals surface area contributed by atoms with Gasteiger partial charge in [0.05, 0.1) is 6.04 Å². The Balaban J connectivity index is -0.00000144. The second-order valence-corrected chi connectivity index (χ2v) is 5.88. The fourth-order valence-corrected chi connectivity index (χ4v) is 1.95. The van der Waals surface area contributed by atoms with Crippen LogP contribution >= 0.6 is 0 Å². The van der Waals surface area contributed by atoms with Crippen molar-refractivity contribution in [2.24, 2.45) is 5.92 Å². The molecule has 1 N–H and O–H groups in total. The number of unbranched alkanes of at least 4 members (excludes halogenated alkanes) is 1. The topological polar surface area (TPSA) is 32.3 Å². The molecule has 0 saturated heterocycles. The molecule has 0 aromatic carbocycles. The van der Waals surface area contributed by atoms with Crippen LogP contribution in [0.1, 0.15) is 54.8 Å². The average Bonchev–Trinajstić information content (AvgIpc) is 2.31.